The Morgan fingerprint density at radius 2 is 1.88 bits per heavy atom. The number of amides is 2. The lowest BCUT2D eigenvalue weighted by Crippen LogP contribution is -2.32. The number of nitriles is 1. The van der Waals surface area contributed by atoms with Crippen molar-refractivity contribution in [2.45, 2.75) is 32.3 Å². The third kappa shape index (κ3) is 5.63. The van der Waals surface area contributed by atoms with E-state index in [1.54, 1.807) is 24.3 Å². The van der Waals surface area contributed by atoms with Gasteiger partial charge >= 0.3 is 11.8 Å². The standard InChI is InChI=1S/C25H21ClN4O3S/c26-18-11-9-16(10-12-18)15-33-21-7-3-1-5-17(21)14-28-30-24(32)23(31)29-25-20(13-27)19-6-2-4-8-22(19)34-25/h1,3,5,7,9-12,14H,2,4,6,8,15H2,(H,29,31)(H,30,32). The Bertz CT molecular complexity index is 1280. The van der Waals surface area contributed by atoms with Crippen molar-refractivity contribution in [3.8, 4) is 11.8 Å². The number of carbonyl (C=O) groups excluding carboxylic acids is 2. The fourth-order valence-corrected chi connectivity index (χ4v) is 4.96. The number of nitrogens with zero attached hydrogens (tertiary/aromatic N) is 2. The number of halogens is 1. The zero-order chi connectivity index (χ0) is 23.9. The van der Waals surface area contributed by atoms with Gasteiger partial charge in [-0.2, -0.15) is 10.4 Å². The summed E-state index contributed by atoms with van der Waals surface area (Å²) >= 11 is 7.27. The topological polar surface area (TPSA) is 104 Å². The summed E-state index contributed by atoms with van der Waals surface area (Å²) in [6, 6.07) is 16.7. The van der Waals surface area contributed by atoms with Crippen LogP contribution in [0.2, 0.25) is 5.02 Å². The van der Waals surface area contributed by atoms with E-state index in [1.165, 1.54) is 17.6 Å². The van der Waals surface area contributed by atoms with Crippen molar-refractivity contribution in [2.75, 3.05) is 5.32 Å². The first-order chi connectivity index (χ1) is 16.5. The van der Waals surface area contributed by atoms with E-state index in [-0.39, 0.29) is 0 Å². The van der Waals surface area contributed by atoms with E-state index in [1.807, 2.05) is 24.3 Å². The van der Waals surface area contributed by atoms with Crippen molar-refractivity contribution in [1.82, 2.24) is 5.43 Å². The molecule has 1 aliphatic carbocycles. The van der Waals surface area contributed by atoms with Crippen LogP contribution in [0.25, 0.3) is 0 Å². The van der Waals surface area contributed by atoms with E-state index < -0.39 is 11.8 Å². The molecular formula is C25H21ClN4O3S. The highest BCUT2D eigenvalue weighted by Crippen LogP contribution is 2.37. The molecule has 0 atom stereocenters. The van der Waals surface area contributed by atoms with Crippen LogP contribution >= 0.6 is 22.9 Å². The Morgan fingerprint density at radius 1 is 1.12 bits per heavy atom. The first-order valence-electron chi connectivity index (χ1n) is 10.7. The molecule has 0 bridgehead atoms. The predicted octanol–water partition coefficient (Wildman–Crippen LogP) is 4.82. The second-order valence-corrected chi connectivity index (χ2v) is 9.17. The molecule has 172 valence electrons. The molecule has 9 heteroatoms. The van der Waals surface area contributed by atoms with Gasteiger partial charge in [-0.15, -0.1) is 11.3 Å². The van der Waals surface area contributed by atoms with Crippen LogP contribution < -0.4 is 15.5 Å². The van der Waals surface area contributed by atoms with Gasteiger partial charge in [-0.25, -0.2) is 5.43 Å². The molecule has 7 nitrogen and oxygen atoms in total. The van der Waals surface area contributed by atoms with E-state index in [0.29, 0.717) is 33.5 Å². The van der Waals surface area contributed by atoms with E-state index in [0.717, 1.165) is 41.7 Å². The molecule has 0 aliphatic heterocycles. The summed E-state index contributed by atoms with van der Waals surface area (Å²) in [5.41, 5.74) is 5.26. The van der Waals surface area contributed by atoms with Crippen molar-refractivity contribution >= 4 is 46.0 Å². The Balaban J connectivity index is 1.36. The van der Waals surface area contributed by atoms with Gasteiger partial charge in [0.1, 0.15) is 23.4 Å². The predicted molar refractivity (Wildman–Crippen MR) is 132 cm³/mol. The van der Waals surface area contributed by atoms with Gasteiger partial charge in [0, 0.05) is 15.5 Å². The highest BCUT2D eigenvalue weighted by Gasteiger charge is 2.23. The molecule has 2 amide bonds. The maximum Gasteiger partial charge on any atom is 0.329 e. The van der Waals surface area contributed by atoms with Crippen LogP contribution in [0, 0.1) is 11.3 Å². The molecule has 34 heavy (non-hydrogen) atoms. The van der Waals surface area contributed by atoms with Gasteiger partial charge in [0.25, 0.3) is 0 Å². The molecule has 0 saturated carbocycles. The van der Waals surface area contributed by atoms with Gasteiger partial charge in [-0.3, -0.25) is 9.59 Å². The van der Waals surface area contributed by atoms with E-state index >= 15 is 0 Å². The molecule has 0 spiro atoms. The first kappa shape index (κ1) is 23.5. The lowest BCUT2D eigenvalue weighted by atomic mass is 9.96. The minimum absolute atomic E-state index is 0.336. The SMILES string of the molecule is N#Cc1c(NC(=O)C(=O)NN=Cc2ccccc2OCc2ccc(Cl)cc2)sc2c1CCCC2. The van der Waals surface area contributed by atoms with E-state index in [2.05, 4.69) is 21.9 Å². The third-order valence-electron chi connectivity index (χ3n) is 5.31. The zero-order valence-corrected chi connectivity index (χ0v) is 19.7. The van der Waals surface area contributed by atoms with Gasteiger partial charge in [-0.1, -0.05) is 35.9 Å². The van der Waals surface area contributed by atoms with Crippen LogP contribution in [0.5, 0.6) is 5.75 Å². The Hall–Kier alpha value is -3.67. The number of anilines is 1. The number of carbonyl (C=O) groups is 2. The Labute approximate surface area is 206 Å². The van der Waals surface area contributed by atoms with Crippen LogP contribution in [-0.2, 0) is 29.0 Å². The molecule has 1 aromatic heterocycles. The lowest BCUT2D eigenvalue weighted by molar-refractivity contribution is -0.136. The van der Waals surface area contributed by atoms with Crippen molar-refractivity contribution < 1.29 is 14.3 Å². The number of thiophene rings is 1. The third-order valence-corrected chi connectivity index (χ3v) is 6.77. The van der Waals surface area contributed by atoms with Gasteiger partial charge in [0.2, 0.25) is 0 Å². The normalized spacial score (nSPS) is 12.6. The average molecular weight is 493 g/mol. The maximum absolute atomic E-state index is 12.4. The van der Waals surface area contributed by atoms with Crippen molar-refractivity contribution in [3.63, 3.8) is 0 Å². The quantitative estimate of drug-likeness (QED) is 0.292. The fourth-order valence-electron chi connectivity index (χ4n) is 3.60. The summed E-state index contributed by atoms with van der Waals surface area (Å²) in [5, 5.41) is 17.0. The molecule has 4 rings (SSSR count). The lowest BCUT2D eigenvalue weighted by Gasteiger charge is -2.09. The Morgan fingerprint density at radius 3 is 2.68 bits per heavy atom. The summed E-state index contributed by atoms with van der Waals surface area (Å²) in [5.74, 6) is -1.23. The van der Waals surface area contributed by atoms with Gasteiger partial charge in [0.15, 0.2) is 0 Å². The zero-order valence-electron chi connectivity index (χ0n) is 18.1. The molecule has 2 aromatic carbocycles. The van der Waals surface area contributed by atoms with Crippen LogP contribution in [-0.4, -0.2) is 18.0 Å². The smallest absolute Gasteiger partial charge is 0.329 e. The highest BCUT2D eigenvalue weighted by atomic mass is 35.5. The number of hydrazone groups is 1. The molecule has 0 radical (unpaired) electrons. The molecule has 2 N–H and O–H groups in total. The van der Waals surface area contributed by atoms with Crippen molar-refractivity contribution in [3.05, 3.63) is 80.7 Å². The van der Waals surface area contributed by atoms with Gasteiger partial charge in [-0.05, 0) is 61.1 Å². The first-order valence-corrected chi connectivity index (χ1v) is 11.9. The number of rotatable bonds is 6. The molecule has 1 aliphatic rings. The van der Waals surface area contributed by atoms with Crippen molar-refractivity contribution in [2.24, 2.45) is 5.10 Å². The molecule has 0 unspecified atom stereocenters. The van der Waals surface area contributed by atoms with Crippen molar-refractivity contribution in [1.29, 1.82) is 5.26 Å². The van der Waals surface area contributed by atoms with E-state index in [4.69, 9.17) is 16.3 Å². The summed E-state index contributed by atoms with van der Waals surface area (Å²) < 4.78 is 5.86. The average Bonchev–Trinajstić information content (AvgIpc) is 3.21. The van der Waals surface area contributed by atoms with Crippen LogP contribution in [0.4, 0.5) is 5.00 Å². The second-order valence-electron chi connectivity index (χ2n) is 7.63. The summed E-state index contributed by atoms with van der Waals surface area (Å²) in [6.07, 6.45) is 5.20. The van der Waals surface area contributed by atoms with E-state index in [9.17, 15) is 14.9 Å². The minimum atomic E-state index is -0.925. The molecule has 1 heterocycles. The largest absolute Gasteiger partial charge is 0.488 e. The monoisotopic (exact) mass is 492 g/mol. The van der Waals surface area contributed by atoms with Gasteiger partial charge < -0.3 is 10.1 Å². The number of hydrogen-bond donors (Lipinski definition) is 2. The van der Waals surface area contributed by atoms with Crippen LogP contribution in [0.1, 0.15) is 40.0 Å². The second kappa shape index (κ2) is 11.0. The fraction of sp³-hybridized carbons (Fsp3) is 0.200. The molecule has 3 aromatic rings. The summed E-state index contributed by atoms with van der Waals surface area (Å²) in [6.45, 7) is 0.336. The molecule has 0 fully saturated rings. The highest BCUT2D eigenvalue weighted by molar-refractivity contribution is 7.16. The number of para-hydroxylation sites is 1. The molecule has 0 saturated heterocycles. The number of aryl methyl sites for hydroxylation is 1. The number of nitrogens with one attached hydrogen (secondary N) is 2. The number of benzene rings is 2. The van der Waals surface area contributed by atoms with Crippen LogP contribution in [0.15, 0.2) is 53.6 Å². The number of ether oxygens (including phenoxy) is 1. The molecular weight excluding hydrogens is 472 g/mol. The number of hydrogen-bond acceptors (Lipinski definition) is 6. The summed E-state index contributed by atoms with van der Waals surface area (Å²) in [7, 11) is 0. The minimum Gasteiger partial charge on any atom is -0.488 e. The van der Waals surface area contributed by atoms with Gasteiger partial charge in [0.05, 0.1) is 11.8 Å². The maximum atomic E-state index is 12.4. The van der Waals surface area contributed by atoms with Crippen LogP contribution in [0.3, 0.4) is 0 Å². The number of fused-ring (bicyclic) bond motifs is 1. The Kier molecular flexibility index (Phi) is 7.58. The summed E-state index contributed by atoms with van der Waals surface area (Å²) in [4.78, 5) is 25.7.